The molecule has 0 saturated heterocycles. The summed E-state index contributed by atoms with van der Waals surface area (Å²) in [5.74, 6) is -0.486. The van der Waals surface area contributed by atoms with Crippen molar-refractivity contribution in [2.24, 2.45) is 0 Å². The molecule has 0 aromatic heterocycles. The molecular weight excluding hydrogens is 414 g/mol. The fourth-order valence-corrected chi connectivity index (χ4v) is 5.26. The van der Waals surface area contributed by atoms with E-state index >= 15 is 0 Å². The van der Waals surface area contributed by atoms with Gasteiger partial charge in [-0.3, -0.25) is 4.79 Å². The molecule has 0 spiro atoms. The van der Waals surface area contributed by atoms with Crippen molar-refractivity contribution in [2.75, 3.05) is 27.6 Å². The molecule has 174 valence electrons. The maximum Gasteiger partial charge on any atom is 0.352 e. The highest BCUT2D eigenvalue weighted by molar-refractivity contribution is 6.70. The van der Waals surface area contributed by atoms with E-state index in [1.54, 1.807) is 50.3 Å². The summed E-state index contributed by atoms with van der Waals surface area (Å²) in [6.45, 7) is 7.84. The Bertz CT molecular complexity index is 727. The number of benzene rings is 1. The zero-order valence-electron chi connectivity index (χ0n) is 19.7. The summed E-state index contributed by atoms with van der Waals surface area (Å²) in [4.78, 5) is 29.4. The number of nitrogens with zero attached hydrogens (tertiary/aromatic N) is 1. The Labute approximate surface area is 187 Å². The molecule has 1 unspecified atom stereocenters. The normalized spacial score (nSPS) is 17.0. The molecule has 1 atom stereocenters. The van der Waals surface area contributed by atoms with Gasteiger partial charge >= 0.3 is 5.97 Å². The Morgan fingerprint density at radius 2 is 1.68 bits per heavy atom. The second-order valence-corrected chi connectivity index (χ2v) is 13.3. The maximum atomic E-state index is 14.2. The van der Waals surface area contributed by atoms with Crippen LogP contribution in [-0.2, 0) is 29.1 Å². The van der Waals surface area contributed by atoms with Crippen LogP contribution in [0.5, 0.6) is 5.75 Å². The average molecular weight is 452 g/mol. The highest BCUT2D eigenvalue weighted by Gasteiger charge is 2.55. The van der Waals surface area contributed by atoms with Gasteiger partial charge in [0.05, 0.1) is 13.7 Å². The average Bonchev–Trinajstić information content (AvgIpc) is 2.75. The fraction of sp³-hybridized carbons (Fsp3) is 0.652. The van der Waals surface area contributed by atoms with Crippen LogP contribution in [0, 0.1) is 0 Å². The summed E-state index contributed by atoms with van der Waals surface area (Å²) in [6, 6.07) is 6.87. The first kappa shape index (κ1) is 25.4. The van der Waals surface area contributed by atoms with Crippen LogP contribution >= 0.6 is 0 Å². The lowest BCUT2D eigenvalue weighted by Crippen LogP contribution is -2.60. The molecule has 1 aromatic rings. The van der Waals surface area contributed by atoms with Crippen molar-refractivity contribution in [3.8, 4) is 5.75 Å². The number of ether oxygens (including phenoxy) is 3. The lowest BCUT2D eigenvalue weighted by molar-refractivity contribution is -0.179. The zero-order chi connectivity index (χ0) is 23.1. The van der Waals surface area contributed by atoms with Crippen LogP contribution in [0.25, 0.3) is 0 Å². The smallest absolute Gasteiger partial charge is 0.352 e. The second-order valence-electron chi connectivity index (χ2n) is 8.83. The third-order valence-electron chi connectivity index (χ3n) is 5.36. The molecule has 0 aliphatic heterocycles. The van der Waals surface area contributed by atoms with Crippen molar-refractivity contribution in [1.82, 2.24) is 4.90 Å². The van der Waals surface area contributed by atoms with Crippen molar-refractivity contribution in [1.29, 1.82) is 0 Å². The summed E-state index contributed by atoms with van der Waals surface area (Å²) in [6.07, 6.45) is 5.00. The minimum absolute atomic E-state index is 0.00140. The van der Waals surface area contributed by atoms with Gasteiger partial charge in [-0.25, -0.2) is 4.79 Å². The first-order valence-electron chi connectivity index (χ1n) is 11.0. The third kappa shape index (κ3) is 6.08. The predicted molar refractivity (Wildman–Crippen MR) is 121 cm³/mol. The van der Waals surface area contributed by atoms with Gasteiger partial charge in [-0.2, -0.15) is 0 Å². The van der Waals surface area contributed by atoms with Gasteiger partial charge < -0.3 is 23.5 Å². The van der Waals surface area contributed by atoms with E-state index in [0.717, 1.165) is 32.1 Å². The molecule has 8 heteroatoms. The van der Waals surface area contributed by atoms with E-state index in [4.69, 9.17) is 18.6 Å². The summed E-state index contributed by atoms with van der Waals surface area (Å²) < 4.78 is 22.6. The van der Waals surface area contributed by atoms with Gasteiger partial charge in [0, 0.05) is 18.7 Å². The van der Waals surface area contributed by atoms with Crippen molar-refractivity contribution in [2.45, 2.75) is 70.3 Å². The minimum Gasteiger partial charge on any atom is -0.497 e. The molecule has 7 nitrogen and oxygen atoms in total. The van der Waals surface area contributed by atoms with Crippen LogP contribution < -0.4 is 4.74 Å². The van der Waals surface area contributed by atoms with Crippen LogP contribution in [0.3, 0.4) is 0 Å². The van der Waals surface area contributed by atoms with E-state index < -0.39 is 25.8 Å². The van der Waals surface area contributed by atoms with Crippen molar-refractivity contribution >= 4 is 20.2 Å². The summed E-state index contributed by atoms with van der Waals surface area (Å²) in [5, 5.41) is 0. The molecule has 1 aliphatic rings. The Hall–Kier alpha value is -1.90. The van der Waals surface area contributed by atoms with Gasteiger partial charge in [0.1, 0.15) is 12.5 Å². The molecule has 1 amide bonds. The minimum atomic E-state index is -2.39. The standard InChI is InChI=1S/C23H37NO6Si/c1-7-29-22(26)23(30-31(4,5)6,18-13-15-20(28-3)16-14-18)21(25)24(17-27-2)19-11-9-8-10-12-19/h13-16,19H,7-12,17H2,1-6H3. The number of carbonyl (C=O) groups is 2. The molecule has 0 bridgehead atoms. The number of hydrogen-bond donors (Lipinski definition) is 0. The second kappa shape index (κ2) is 11.1. The van der Waals surface area contributed by atoms with Gasteiger partial charge in [0.2, 0.25) is 0 Å². The molecule has 2 rings (SSSR count). The Kier molecular flexibility index (Phi) is 9.09. The van der Waals surface area contributed by atoms with Gasteiger partial charge in [-0.05, 0) is 51.5 Å². The zero-order valence-corrected chi connectivity index (χ0v) is 20.7. The van der Waals surface area contributed by atoms with Crippen LogP contribution in [0.15, 0.2) is 24.3 Å². The lowest BCUT2D eigenvalue weighted by atomic mass is 9.89. The molecule has 1 aliphatic carbocycles. The van der Waals surface area contributed by atoms with Crippen LogP contribution in [0.4, 0.5) is 0 Å². The predicted octanol–water partition coefficient (Wildman–Crippen LogP) is 4.07. The number of hydrogen-bond acceptors (Lipinski definition) is 6. The summed E-state index contributed by atoms with van der Waals surface area (Å²) >= 11 is 0. The Morgan fingerprint density at radius 3 is 2.16 bits per heavy atom. The number of methoxy groups -OCH3 is 2. The largest absolute Gasteiger partial charge is 0.497 e. The number of rotatable bonds is 10. The fourth-order valence-electron chi connectivity index (χ4n) is 4.05. The number of esters is 1. The van der Waals surface area contributed by atoms with E-state index in [1.165, 1.54) is 0 Å². The molecule has 0 heterocycles. The van der Waals surface area contributed by atoms with Gasteiger partial charge in [-0.1, -0.05) is 31.4 Å². The molecule has 0 radical (unpaired) electrons. The van der Waals surface area contributed by atoms with Crippen molar-refractivity contribution in [3.05, 3.63) is 29.8 Å². The van der Waals surface area contributed by atoms with E-state index in [1.807, 2.05) is 19.6 Å². The van der Waals surface area contributed by atoms with Gasteiger partial charge in [0.25, 0.3) is 11.5 Å². The topological polar surface area (TPSA) is 74.3 Å². The number of carbonyl (C=O) groups excluding carboxylic acids is 2. The third-order valence-corrected chi connectivity index (χ3v) is 6.28. The Morgan fingerprint density at radius 1 is 1.06 bits per heavy atom. The molecule has 0 N–H and O–H groups in total. The van der Waals surface area contributed by atoms with Gasteiger partial charge in [-0.15, -0.1) is 0 Å². The van der Waals surface area contributed by atoms with Crippen LogP contribution in [0.2, 0.25) is 19.6 Å². The summed E-state index contributed by atoms with van der Waals surface area (Å²) in [5.41, 5.74) is -1.45. The first-order chi connectivity index (χ1) is 14.7. The van der Waals surface area contributed by atoms with E-state index in [0.29, 0.717) is 11.3 Å². The van der Waals surface area contributed by atoms with Crippen LogP contribution in [0.1, 0.15) is 44.6 Å². The highest BCUT2D eigenvalue weighted by Crippen LogP contribution is 2.36. The van der Waals surface area contributed by atoms with Crippen molar-refractivity contribution in [3.63, 3.8) is 0 Å². The monoisotopic (exact) mass is 451 g/mol. The first-order valence-corrected chi connectivity index (χ1v) is 14.4. The summed E-state index contributed by atoms with van der Waals surface area (Å²) in [7, 11) is 0.737. The highest BCUT2D eigenvalue weighted by atomic mass is 28.4. The molecule has 1 saturated carbocycles. The van der Waals surface area contributed by atoms with Crippen molar-refractivity contribution < 1.29 is 28.2 Å². The number of amides is 1. The molecular formula is C23H37NO6Si. The van der Waals surface area contributed by atoms with E-state index in [9.17, 15) is 9.59 Å². The van der Waals surface area contributed by atoms with E-state index in [2.05, 4.69) is 0 Å². The molecule has 1 fully saturated rings. The van der Waals surface area contributed by atoms with E-state index in [-0.39, 0.29) is 19.4 Å². The maximum absolute atomic E-state index is 14.2. The van der Waals surface area contributed by atoms with Crippen LogP contribution in [-0.4, -0.2) is 58.7 Å². The quantitative estimate of drug-likeness (QED) is 0.231. The lowest BCUT2D eigenvalue weighted by Gasteiger charge is -2.42. The SMILES string of the molecule is CCOC(=O)C(O[Si](C)(C)C)(C(=O)N(COC)C1CCCCC1)c1ccc(OC)cc1. The molecule has 31 heavy (non-hydrogen) atoms. The van der Waals surface area contributed by atoms with Gasteiger partial charge in [0.15, 0.2) is 8.32 Å². The Balaban J connectivity index is 2.65. The molecule has 1 aromatic carbocycles.